The molecule has 0 fully saturated rings. The van der Waals surface area contributed by atoms with Crippen molar-refractivity contribution in [1.82, 2.24) is 10.2 Å². The van der Waals surface area contributed by atoms with Crippen LogP contribution in [0.5, 0.6) is 11.5 Å². The number of halogens is 4. The summed E-state index contributed by atoms with van der Waals surface area (Å²) in [4.78, 5) is 0. The van der Waals surface area contributed by atoms with E-state index >= 15 is 4.39 Å². The second-order valence-electron chi connectivity index (χ2n) is 6.42. The molecule has 0 bridgehead atoms. The summed E-state index contributed by atoms with van der Waals surface area (Å²) in [5.41, 5.74) is 1.45. The molecule has 0 atom stereocenters. The monoisotopic (exact) mass is 517 g/mol. The van der Waals surface area contributed by atoms with Gasteiger partial charge < -0.3 is 9.15 Å². The van der Waals surface area contributed by atoms with Crippen LogP contribution in [0.3, 0.4) is 0 Å². The van der Waals surface area contributed by atoms with Crippen LogP contribution in [-0.4, -0.2) is 10.2 Å². The maximum atomic E-state index is 15.1. The van der Waals surface area contributed by atoms with Crippen molar-refractivity contribution in [3.63, 3.8) is 0 Å². The minimum Gasteiger partial charge on any atom is -0.453 e. The lowest BCUT2D eigenvalue weighted by Gasteiger charge is -2.12. The number of benzene rings is 3. The van der Waals surface area contributed by atoms with Gasteiger partial charge in [-0.15, -0.1) is 10.2 Å². The molecule has 0 saturated heterocycles. The number of ether oxygens (including phenoxy) is 1. The Morgan fingerprint density at radius 3 is 2.55 bits per heavy atom. The average Bonchev–Trinajstić information content (AvgIpc) is 3.21. The molecule has 0 N–H and O–H groups in total. The summed E-state index contributed by atoms with van der Waals surface area (Å²) in [7, 11) is 0. The summed E-state index contributed by atoms with van der Waals surface area (Å²) >= 11 is 15.5. The summed E-state index contributed by atoms with van der Waals surface area (Å²) in [5, 5.41) is 17.4. The van der Waals surface area contributed by atoms with Crippen LogP contribution in [0.2, 0.25) is 10.0 Å². The van der Waals surface area contributed by atoms with Crippen LogP contribution in [-0.2, 0) is 6.42 Å². The molecule has 1 aromatic heterocycles. The van der Waals surface area contributed by atoms with Crippen LogP contribution < -0.4 is 4.74 Å². The molecular weight excluding hydrogens is 508 g/mol. The Balaban J connectivity index is 1.59. The standard InChI is InChI=1S/C22H11BrCl2FN3O2/c23-15-8-16(24)10-17(9-15)30-21-18(25)6-5-14(20(21)26)7-19-28-29-22(31-19)13-3-1-12(11-27)2-4-13/h1-6,8-10H,7H2. The largest absolute Gasteiger partial charge is 0.453 e. The Bertz CT molecular complexity index is 1280. The molecule has 0 radical (unpaired) electrons. The Hall–Kier alpha value is -2.92. The van der Waals surface area contributed by atoms with E-state index in [9.17, 15) is 0 Å². The Labute approximate surface area is 195 Å². The van der Waals surface area contributed by atoms with E-state index in [0.29, 0.717) is 26.4 Å². The van der Waals surface area contributed by atoms with Crippen molar-refractivity contribution in [1.29, 1.82) is 5.26 Å². The normalized spacial score (nSPS) is 10.7. The summed E-state index contributed by atoms with van der Waals surface area (Å²) < 4.78 is 27.1. The minimum atomic E-state index is -0.637. The predicted octanol–water partition coefficient (Wildman–Crippen LogP) is 7.20. The first-order valence-corrected chi connectivity index (χ1v) is 10.4. The van der Waals surface area contributed by atoms with Crippen molar-refractivity contribution in [3.8, 4) is 29.0 Å². The predicted molar refractivity (Wildman–Crippen MR) is 118 cm³/mol. The maximum Gasteiger partial charge on any atom is 0.247 e. The second-order valence-corrected chi connectivity index (χ2v) is 8.18. The molecule has 0 aliphatic carbocycles. The van der Waals surface area contributed by atoms with Crippen LogP contribution in [0.25, 0.3) is 11.5 Å². The van der Waals surface area contributed by atoms with Gasteiger partial charge in [-0.25, -0.2) is 4.39 Å². The van der Waals surface area contributed by atoms with Crippen LogP contribution in [0.1, 0.15) is 17.0 Å². The fourth-order valence-corrected chi connectivity index (χ4v) is 3.81. The van der Waals surface area contributed by atoms with Crippen molar-refractivity contribution in [2.24, 2.45) is 0 Å². The third-order valence-corrected chi connectivity index (χ3v) is 5.23. The highest BCUT2D eigenvalue weighted by atomic mass is 79.9. The Morgan fingerprint density at radius 1 is 1.06 bits per heavy atom. The summed E-state index contributed by atoms with van der Waals surface area (Å²) in [6.45, 7) is 0. The number of nitriles is 1. The number of rotatable bonds is 5. The quantitative estimate of drug-likeness (QED) is 0.279. The molecule has 0 saturated carbocycles. The number of hydrogen-bond acceptors (Lipinski definition) is 5. The lowest BCUT2D eigenvalue weighted by molar-refractivity contribution is 0.437. The van der Waals surface area contributed by atoms with E-state index in [4.69, 9.17) is 37.6 Å². The van der Waals surface area contributed by atoms with Crippen molar-refractivity contribution >= 4 is 39.1 Å². The van der Waals surface area contributed by atoms with E-state index in [0.717, 1.165) is 0 Å². The van der Waals surface area contributed by atoms with Crippen molar-refractivity contribution in [2.45, 2.75) is 6.42 Å². The minimum absolute atomic E-state index is 0.0435. The van der Waals surface area contributed by atoms with Gasteiger partial charge in [-0.2, -0.15) is 5.26 Å². The van der Waals surface area contributed by atoms with Gasteiger partial charge in [0.25, 0.3) is 0 Å². The first-order valence-electron chi connectivity index (χ1n) is 8.86. The summed E-state index contributed by atoms with van der Waals surface area (Å²) in [6, 6.07) is 16.7. The molecule has 0 aliphatic rings. The third kappa shape index (κ3) is 4.88. The summed E-state index contributed by atoms with van der Waals surface area (Å²) in [5.74, 6) is 0.0613. The maximum absolute atomic E-state index is 15.1. The molecule has 5 nitrogen and oxygen atoms in total. The van der Waals surface area contributed by atoms with Crippen molar-refractivity contribution < 1.29 is 13.5 Å². The molecule has 1 heterocycles. The fraction of sp³-hybridized carbons (Fsp3) is 0.0455. The van der Waals surface area contributed by atoms with Crippen LogP contribution >= 0.6 is 39.1 Å². The van der Waals surface area contributed by atoms with Crippen molar-refractivity contribution in [2.75, 3.05) is 0 Å². The molecule has 9 heteroatoms. The smallest absolute Gasteiger partial charge is 0.247 e. The van der Waals surface area contributed by atoms with Gasteiger partial charge in [0.2, 0.25) is 11.8 Å². The molecule has 4 aromatic rings. The summed E-state index contributed by atoms with van der Waals surface area (Å²) in [6.07, 6.45) is 0.0435. The molecule has 154 valence electrons. The average molecular weight is 519 g/mol. The van der Waals surface area contributed by atoms with Gasteiger partial charge in [0.05, 0.1) is 23.1 Å². The van der Waals surface area contributed by atoms with Gasteiger partial charge in [-0.1, -0.05) is 45.2 Å². The zero-order valence-corrected chi connectivity index (χ0v) is 18.7. The molecule has 0 unspecified atom stereocenters. The van der Waals surface area contributed by atoms with Gasteiger partial charge in [0.15, 0.2) is 11.6 Å². The molecule has 0 amide bonds. The zero-order chi connectivity index (χ0) is 22.0. The van der Waals surface area contributed by atoms with Gasteiger partial charge in [0, 0.05) is 20.6 Å². The van der Waals surface area contributed by atoms with E-state index in [-0.39, 0.29) is 34.5 Å². The molecule has 0 aliphatic heterocycles. The highest BCUT2D eigenvalue weighted by Crippen LogP contribution is 2.36. The van der Waals surface area contributed by atoms with Crippen LogP contribution in [0.15, 0.2) is 63.5 Å². The highest BCUT2D eigenvalue weighted by Gasteiger charge is 2.18. The van der Waals surface area contributed by atoms with Crippen LogP contribution in [0, 0.1) is 17.1 Å². The molecule has 4 rings (SSSR count). The lowest BCUT2D eigenvalue weighted by Crippen LogP contribution is -1.98. The SMILES string of the molecule is N#Cc1ccc(-c2nnc(Cc3ccc(Cl)c(Oc4cc(Cl)cc(Br)c4)c3F)o2)cc1. The number of aromatic nitrogens is 2. The highest BCUT2D eigenvalue weighted by molar-refractivity contribution is 9.10. The second kappa shape index (κ2) is 9.06. The molecule has 31 heavy (non-hydrogen) atoms. The number of nitrogens with zero attached hydrogens (tertiary/aromatic N) is 3. The zero-order valence-electron chi connectivity index (χ0n) is 15.6. The van der Waals surface area contributed by atoms with Gasteiger partial charge in [0.1, 0.15) is 5.75 Å². The topological polar surface area (TPSA) is 71.9 Å². The van der Waals surface area contributed by atoms with E-state index in [1.807, 2.05) is 6.07 Å². The molecule has 0 spiro atoms. The Kier molecular flexibility index (Phi) is 6.23. The van der Waals surface area contributed by atoms with E-state index in [2.05, 4.69) is 26.1 Å². The lowest BCUT2D eigenvalue weighted by atomic mass is 10.1. The van der Waals surface area contributed by atoms with Crippen molar-refractivity contribution in [3.05, 3.63) is 92.0 Å². The van der Waals surface area contributed by atoms with Crippen LogP contribution in [0.4, 0.5) is 4.39 Å². The van der Waals surface area contributed by atoms with E-state index < -0.39 is 5.82 Å². The fourth-order valence-electron chi connectivity index (χ4n) is 2.80. The third-order valence-electron chi connectivity index (χ3n) is 4.25. The Morgan fingerprint density at radius 2 is 1.84 bits per heavy atom. The molecule has 3 aromatic carbocycles. The number of hydrogen-bond donors (Lipinski definition) is 0. The van der Waals surface area contributed by atoms with E-state index in [1.54, 1.807) is 42.5 Å². The van der Waals surface area contributed by atoms with Gasteiger partial charge in [-0.3, -0.25) is 0 Å². The van der Waals surface area contributed by atoms with Gasteiger partial charge in [-0.05, 0) is 48.5 Å². The molecular formula is C22H11BrCl2FN3O2. The van der Waals surface area contributed by atoms with E-state index in [1.165, 1.54) is 12.1 Å². The first-order chi connectivity index (χ1) is 14.9. The first kappa shape index (κ1) is 21.3. The van der Waals surface area contributed by atoms with Gasteiger partial charge >= 0.3 is 0 Å².